The maximum Gasteiger partial charge on any atom is 0.324 e. The molecule has 4 nitrogen and oxygen atoms in total. The summed E-state index contributed by atoms with van der Waals surface area (Å²) in [7, 11) is 0. The fourth-order valence-electron chi connectivity index (χ4n) is 3.97. The number of carboxylic acid groups (broad SMARTS) is 1. The first-order chi connectivity index (χ1) is 8.92. The maximum absolute atomic E-state index is 11.6. The van der Waals surface area contributed by atoms with Crippen LogP contribution in [0, 0.1) is 5.92 Å². The zero-order chi connectivity index (χ0) is 14.0. The molecule has 2 N–H and O–H groups in total. The second-order valence-electron chi connectivity index (χ2n) is 6.81. The fraction of sp³-hybridized carbons (Fsp3) is 0.933. The molecule has 4 heteroatoms. The van der Waals surface area contributed by atoms with Gasteiger partial charge in [-0.2, -0.15) is 0 Å². The number of hydrogen-bond donors (Lipinski definition) is 2. The zero-order valence-corrected chi connectivity index (χ0v) is 12.5. The first-order valence-electron chi connectivity index (χ1n) is 7.67. The molecule has 1 aliphatic carbocycles. The summed E-state index contributed by atoms with van der Waals surface area (Å²) in [4.78, 5) is 14.1. The zero-order valence-electron chi connectivity index (χ0n) is 12.5. The third kappa shape index (κ3) is 3.29. The second-order valence-corrected chi connectivity index (χ2v) is 6.81. The number of hydrogen-bond acceptors (Lipinski definition) is 3. The molecule has 0 radical (unpaired) electrons. The molecule has 3 unspecified atom stereocenters. The summed E-state index contributed by atoms with van der Waals surface area (Å²) >= 11 is 0. The highest BCUT2D eigenvalue weighted by molar-refractivity contribution is 5.78. The Balaban J connectivity index is 2.05. The molecule has 2 aliphatic rings. The number of nitrogens with one attached hydrogen (secondary N) is 1. The van der Waals surface area contributed by atoms with E-state index in [4.69, 9.17) is 0 Å². The third-order valence-corrected chi connectivity index (χ3v) is 4.71. The van der Waals surface area contributed by atoms with E-state index in [0.717, 1.165) is 12.5 Å². The molecule has 1 aliphatic heterocycles. The Kier molecular flexibility index (Phi) is 4.51. The van der Waals surface area contributed by atoms with Gasteiger partial charge in [-0.3, -0.25) is 15.0 Å². The van der Waals surface area contributed by atoms with E-state index in [0.29, 0.717) is 12.6 Å². The molecule has 0 aromatic heterocycles. The van der Waals surface area contributed by atoms with Gasteiger partial charge in [0, 0.05) is 18.6 Å². The topological polar surface area (TPSA) is 52.6 Å². The van der Waals surface area contributed by atoms with Crippen LogP contribution in [-0.4, -0.2) is 46.7 Å². The normalized spacial score (nSPS) is 31.2. The summed E-state index contributed by atoms with van der Waals surface area (Å²) in [5, 5.41) is 12.8. The molecule has 0 aromatic carbocycles. The van der Waals surface area contributed by atoms with Crippen molar-refractivity contribution in [2.75, 3.05) is 13.1 Å². The number of carboxylic acids is 1. The highest BCUT2D eigenvalue weighted by Crippen LogP contribution is 2.37. The highest BCUT2D eigenvalue weighted by Gasteiger charge is 2.41. The van der Waals surface area contributed by atoms with Crippen LogP contribution in [0.5, 0.6) is 0 Å². The van der Waals surface area contributed by atoms with Crippen molar-refractivity contribution in [2.45, 2.75) is 70.5 Å². The lowest BCUT2D eigenvalue weighted by Gasteiger charge is -2.42. The van der Waals surface area contributed by atoms with Gasteiger partial charge >= 0.3 is 5.97 Å². The molecule has 0 aromatic rings. The summed E-state index contributed by atoms with van der Waals surface area (Å²) in [5.74, 6) is 0.0761. The summed E-state index contributed by atoms with van der Waals surface area (Å²) < 4.78 is 0. The Labute approximate surface area is 116 Å². The number of rotatable bonds is 5. The Morgan fingerprint density at radius 2 is 2.05 bits per heavy atom. The molecule has 1 heterocycles. The fourth-order valence-corrected chi connectivity index (χ4v) is 3.97. The average molecular weight is 268 g/mol. The van der Waals surface area contributed by atoms with Crippen LogP contribution in [0.4, 0.5) is 0 Å². The smallest absolute Gasteiger partial charge is 0.324 e. The standard InChI is InChI=1S/C15H28N2O2/c1-11(2)16-15(3,14(18)19)10-17-9-5-7-12-6-4-8-13(12)17/h11-13,16H,4-10H2,1-3H3,(H,18,19). The van der Waals surface area contributed by atoms with Gasteiger partial charge < -0.3 is 5.11 Å². The summed E-state index contributed by atoms with van der Waals surface area (Å²) in [6, 6.07) is 0.812. The molecule has 2 fully saturated rings. The van der Waals surface area contributed by atoms with Crippen LogP contribution < -0.4 is 5.32 Å². The van der Waals surface area contributed by atoms with Crippen molar-refractivity contribution >= 4 is 5.97 Å². The van der Waals surface area contributed by atoms with Gasteiger partial charge in [0.1, 0.15) is 5.54 Å². The van der Waals surface area contributed by atoms with Gasteiger partial charge in [-0.1, -0.05) is 6.42 Å². The molecule has 0 amide bonds. The van der Waals surface area contributed by atoms with Crippen LogP contribution in [0.2, 0.25) is 0 Å². The summed E-state index contributed by atoms with van der Waals surface area (Å²) in [6.45, 7) is 7.53. The van der Waals surface area contributed by atoms with Crippen molar-refractivity contribution in [3.05, 3.63) is 0 Å². The monoisotopic (exact) mass is 268 g/mol. The molecule has 0 bridgehead atoms. The van der Waals surface area contributed by atoms with Gasteiger partial charge in [-0.25, -0.2) is 0 Å². The lowest BCUT2D eigenvalue weighted by molar-refractivity contribution is -0.146. The summed E-state index contributed by atoms with van der Waals surface area (Å²) in [6.07, 6.45) is 6.46. The predicted molar refractivity (Wildman–Crippen MR) is 76.2 cm³/mol. The summed E-state index contributed by atoms with van der Waals surface area (Å²) in [5.41, 5.74) is -0.835. The lowest BCUT2D eigenvalue weighted by atomic mass is 9.89. The van der Waals surface area contributed by atoms with Crippen molar-refractivity contribution in [1.29, 1.82) is 0 Å². The van der Waals surface area contributed by atoms with E-state index in [1.807, 2.05) is 20.8 Å². The van der Waals surface area contributed by atoms with E-state index < -0.39 is 11.5 Å². The van der Waals surface area contributed by atoms with Crippen molar-refractivity contribution in [1.82, 2.24) is 10.2 Å². The number of fused-ring (bicyclic) bond motifs is 1. The van der Waals surface area contributed by atoms with Crippen molar-refractivity contribution in [3.63, 3.8) is 0 Å². The van der Waals surface area contributed by atoms with Crippen LogP contribution in [0.25, 0.3) is 0 Å². The van der Waals surface area contributed by atoms with Gasteiger partial charge in [-0.05, 0) is 58.9 Å². The van der Waals surface area contributed by atoms with Crippen molar-refractivity contribution in [3.8, 4) is 0 Å². The first-order valence-corrected chi connectivity index (χ1v) is 7.67. The average Bonchev–Trinajstić information content (AvgIpc) is 2.76. The van der Waals surface area contributed by atoms with Gasteiger partial charge in [0.15, 0.2) is 0 Å². The molecular weight excluding hydrogens is 240 g/mol. The molecule has 0 spiro atoms. The van der Waals surface area contributed by atoms with E-state index in [9.17, 15) is 9.90 Å². The SMILES string of the molecule is CC(C)NC(C)(CN1CCCC2CCCC21)C(=O)O. The Morgan fingerprint density at radius 1 is 1.37 bits per heavy atom. The molecule has 1 saturated heterocycles. The van der Waals surface area contributed by atoms with Gasteiger partial charge in [0.25, 0.3) is 0 Å². The van der Waals surface area contributed by atoms with Gasteiger partial charge in [0.2, 0.25) is 0 Å². The number of aliphatic carboxylic acids is 1. The Bertz CT molecular complexity index is 332. The second kappa shape index (κ2) is 5.80. The number of carbonyl (C=O) groups is 1. The molecule has 3 atom stereocenters. The van der Waals surface area contributed by atoms with Gasteiger partial charge in [-0.15, -0.1) is 0 Å². The van der Waals surface area contributed by atoms with Crippen LogP contribution >= 0.6 is 0 Å². The van der Waals surface area contributed by atoms with Crippen LogP contribution in [0.15, 0.2) is 0 Å². The first kappa shape index (κ1) is 14.8. The highest BCUT2D eigenvalue weighted by atomic mass is 16.4. The van der Waals surface area contributed by atoms with E-state index in [-0.39, 0.29) is 6.04 Å². The minimum absolute atomic E-state index is 0.185. The van der Waals surface area contributed by atoms with E-state index in [1.54, 1.807) is 0 Å². The van der Waals surface area contributed by atoms with E-state index in [1.165, 1.54) is 32.1 Å². The third-order valence-electron chi connectivity index (χ3n) is 4.71. The number of likely N-dealkylation sites (tertiary alicyclic amines) is 1. The maximum atomic E-state index is 11.6. The van der Waals surface area contributed by atoms with Crippen LogP contribution in [-0.2, 0) is 4.79 Å². The van der Waals surface area contributed by atoms with Crippen molar-refractivity contribution < 1.29 is 9.90 Å². The number of nitrogens with zero attached hydrogens (tertiary/aromatic N) is 1. The molecule has 2 rings (SSSR count). The van der Waals surface area contributed by atoms with E-state index >= 15 is 0 Å². The largest absolute Gasteiger partial charge is 0.480 e. The van der Waals surface area contributed by atoms with Crippen LogP contribution in [0.3, 0.4) is 0 Å². The number of piperidine rings is 1. The molecule has 110 valence electrons. The Morgan fingerprint density at radius 3 is 2.68 bits per heavy atom. The molecular formula is C15H28N2O2. The minimum atomic E-state index is -0.835. The van der Waals surface area contributed by atoms with E-state index in [2.05, 4.69) is 10.2 Å². The van der Waals surface area contributed by atoms with Gasteiger partial charge in [0.05, 0.1) is 0 Å². The Hall–Kier alpha value is -0.610. The minimum Gasteiger partial charge on any atom is -0.480 e. The van der Waals surface area contributed by atoms with Crippen LogP contribution in [0.1, 0.15) is 52.9 Å². The van der Waals surface area contributed by atoms with Crippen molar-refractivity contribution in [2.24, 2.45) is 5.92 Å². The lowest BCUT2D eigenvalue weighted by Crippen LogP contribution is -2.61. The molecule has 19 heavy (non-hydrogen) atoms. The molecule has 1 saturated carbocycles. The predicted octanol–water partition coefficient (Wildman–Crippen LogP) is 2.09. The quantitative estimate of drug-likeness (QED) is 0.801.